The second kappa shape index (κ2) is 9.32. The number of piperidine rings is 1. The fraction of sp³-hybridized carbons (Fsp3) is 0.357. The second-order valence-corrected chi connectivity index (χ2v) is 11.5. The number of hydrogen-bond donors (Lipinski definition) is 2. The maximum atomic E-state index is 15.4. The van der Waals surface area contributed by atoms with Gasteiger partial charge in [0.1, 0.15) is 5.82 Å². The molecule has 2 aromatic carbocycles. The molecule has 1 amide bonds. The largest absolute Gasteiger partial charge is 0.502 e. The van der Waals surface area contributed by atoms with E-state index in [1.807, 2.05) is 18.2 Å². The highest BCUT2D eigenvalue weighted by atomic mass is 32.2. The molecule has 1 aromatic heterocycles. The van der Waals surface area contributed by atoms with Crippen LogP contribution in [0.3, 0.4) is 0 Å². The highest BCUT2D eigenvalue weighted by molar-refractivity contribution is 7.98. The van der Waals surface area contributed by atoms with Crippen LogP contribution in [0.2, 0.25) is 0 Å². The predicted molar refractivity (Wildman–Crippen MR) is 139 cm³/mol. The number of carbonyl (C=O) groups excluding carboxylic acids is 1. The quantitative estimate of drug-likeness (QED) is 0.494. The van der Waals surface area contributed by atoms with Crippen molar-refractivity contribution in [2.45, 2.75) is 55.7 Å². The van der Waals surface area contributed by atoms with Crippen molar-refractivity contribution in [3.05, 3.63) is 93.2 Å². The van der Waals surface area contributed by atoms with E-state index in [0.717, 1.165) is 33.2 Å². The molecule has 3 N–H and O–H groups in total. The van der Waals surface area contributed by atoms with Gasteiger partial charge in [0, 0.05) is 41.4 Å². The van der Waals surface area contributed by atoms with Crippen molar-refractivity contribution in [1.82, 2.24) is 9.58 Å². The van der Waals surface area contributed by atoms with Gasteiger partial charge < -0.3 is 15.8 Å². The van der Waals surface area contributed by atoms with Crippen LogP contribution in [0.15, 0.2) is 64.4 Å². The van der Waals surface area contributed by atoms with Crippen LogP contribution in [0.1, 0.15) is 66.2 Å². The summed E-state index contributed by atoms with van der Waals surface area (Å²) in [7, 11) is 0. The van der Waals surface area contributed by atoms with Crippen molar-refractivity contribution < 1.29 is 14.3 Å². The number of benzene rings is 2. The molecule has 0 spiro atoms. The Labute approximate surface area is 213 Å². The molecule has 2 aliphatic rings. The van der Waals surface area contributed by atoms with Crippen LogP contribution < -0.4 is 11.3 Å². The number of rotatable bonds is 3. The van der Waals surface area contributed by atoms with Gasteiger partial charge in [0.05, 0.1) is 0 Å². The standard InChI is InChI=1S/C28H30FN3O3S/c1-28(2)11-13-31(27(35)25-26(34)22(33)10-12-32(25)30)18(15-28)14-20-19-7-3-4-9-23(19)36-16-17-6-5-8-21(29)24(17)20/h3-10,12,18,20,34H,11,13-16,30H2,1-2H3/t18-,20-/m1/s1. The lowest BCUT2D eigenvalue weighted by Gasteiger charge is -2.45. The summed E-state index contributed by atoms with van der Waals surface area (Å²) in [6.45, 7) is 4.80. The maximum absolute atomic E-state index is 15.4. The van der Waals surface area contributed by atoms with Gasteiger partial charge in [0.2, 0.25) is 5.43 Å². The third-order valence-corrected chi connectivity index (χ3v) is 8.64. The number of thioether (sulfide) groups is 1. The number of aromatic nitrogens is 1. The van der Waals surface area contributed by atoms with Crippen LogP contribution in [0.4, 0.5) is 4.39 Å². The Morgan fingerprint density at radius 1 is 1.19 bits per heavy atom. The predicted octanol–water partition coefficient (Wildman–Crippen LogP) is 4.87. The molecule has 2 atom stereocenters. The highest BCUT2D eigenvalue weighted by Crippen LogP contribution is 2.46. The van der Waals surface area contributed by atoms with E-state index in [1.165, 1.54) is 12.3 Å². The minimum atomic E-state index is -0.653. The summed E-state index contributed by atoms with van der Waals surface area (Å²) >= 11 is 1.70. The molecular weight excluding hydrogens is 477 g/mol. The molecule has 0 saturated carbocycles. The molecule has 3 aromatic rings. The van der Waals surface area contributed by atoms with E-state index < -0.39 is 17.1 Å². The molecule has 2 aliphatic heterocycles. The SMILES string of the molecule is CC1(C)CCN(C(=O)c2c(O)c(=O)ccn2N)[C@H](C[C@@H]2c3ccccc3SCc3cccc(F)c32)C1. The van der Waals surface area contributed by atoms with Gasteiger partial charge in [-0.3, -0.25) is 14.3 Å². The van der Waals surface area contributed by atoms with E-state index in [2.05, 4.69) is 26.0 Å². The Kier molecular flexibility index (Phi) is 6.32. The fourth-order valence-corrected chi connectivity index (χ4v) is 6.76. The molecule has 0 aliphatic carbocycles. The van der Waals surface area contributed by atoms with Gasteiger partial charge in [-0.1, -0.05) is 44.2 Å². The number of aromatic hydroxyl groups is 1. The Morgan fingerprint density at radius 3 is 2.78 bits per heavy atom. The molecule has 188 valence electrons. The van der Waals surface area contributed by atoms with Gasteiger partial charge in [0.25, 0.3) is 5.91 Å². The summed E-state index contributed by atoms with van der Waals surface area (Å²) in [5, 5.41) is 10.4. The van der Waals surface area contributed by atoms with Crippen LogP contribution in [0.5, 0.6) is 5.75 Å². The number of halogens is 1. The molecular formula is C28H30FN3O3S. The minimum absolute atomic E-state index is 0.0282. The molecule has 3 heterocycles. The van der Waals surface area contributed by atoms with E-state index in [4.69, 9.17) is 5.84 Å². The summed E-state index contributed by atoms with van der Waals surface area (Å²) < 4.78 is 16.4. The molecule has 1 fully saturated rings. The summed E-state index contributed by atoms with van der Waals surface area (Å²) in [4.78, 5) is 28.7. The number of amides is 1. The van der Waals surface area contributed by atoms with E-state index in [0.29, 0.717) is 30.7 Å². The van der Waals surface area contributed by atoms with Crippen LogP contribution in [0, 0.1) is 11.2 Å². The Morgan fingerprint density at radius 2 is 1.97 bits per heavy atom. The lowest BCUT2D eigenvalue weighted by atomic mass is 9.74. The number of carbonyl (C=O) groups is 1. The zero-order chi connectivity index (χ0) is 25.6. The first-order chi connectivity index (χ1) is 17.2. The minimum Gasteiger partial charge on any atom is -0.502 e. The molecule has 8 heteroatoms. The zero-order valence-corrected chi connectivity index (χ0v) is 21.2. The topological polar surface area (TPSA) is 88.6 Å². The summed E-state index contributed by atoms with van der Waals surface area (Å²) in [5.74, 6) is 5.02. The van der Waals surface area contributed by atoms with Crippen molar-refractivity contribution in [3.8, 4) is 5.75 Å². The molecule has 0 bridgehead atoms. The highest BCUT2D eigenvalue weighted by Gasteiger charge is 2.40. The average molecular weight is 508 g/mol. The van der Waals surface area contributed by atoms with Gasteiger partial charge in [0.15, 0.2) is 11.4 Å². The van der Waals surface area contributed by atoms with Gasteiger partial charge >= 0.3 is 0 Å². The van der Waals surface area contributed by atoms with Crippen molar-refractivity contribution in [2.24, 2.45) is 5.41 Å². The van der Waals surface area contributed by atoms with Gasteiger partial charge in [-0.15, -0.1) is 11.8 Å². The molecule has 0 unspecified atom stereocenters. The van der Waals surface area contributed by atoms with E-state index in [9.17, 15) is 14.7 Å². The van der Waals surface area contributed by atoms with E-state index in [1.54, 1.807) is 22.7 Å². The number of nitrogens with two attached hydrogens (primary N) is 1. The lowest BCUT2D eigenvalue weighted by molar-refractivity contribution is 0.0394. The van der Waals surface area contributed by atoms with Gasteiger partial charge in [-0.05, 0) is 53.5 Å². The maximum Gasteiger partial charge on any atom is 0.276 e. The molecule has 36 heavy (non-hydrogen) atoms. The van der Waals surface area contributed by atoms with E-state index in [-0.39, 0.29) is 28.9 Å². The molecule has 1 saturated heterocycles. The number of likely N-dealkylation sites (tertiary alicyclic amines) is 1. The van der Waals surface area contributed by atoms with Crippen molar-refractivity contribution in [2.75, 3.05) is 12.4 Å². The number of nitrogen functional groups attached to an aromatic ring is 1. The first kappa shape index (κ1) is 24.4. The van der Waals surface area contributed by atoms with E-state index >= 15 is 4.39 Å². The van der Waals surface area contributed by atoms with Crippen LogP contribution >= 0.6 is 11.8 Å². The normalized spacial score (nSPS) is 20.8. The number of hydrogen-bond acceptors (Lipinski definition) is 5. The van der Waals surface area contributed by atoms with Crippen molar-refractivity contribution in [3.63, 3.8) is 0 Å². The zero-order valence-electron chi connectivity index (χ0n) is 20.4. The summed E-state index contributed by atoms with van der Waals surface area (Å²) in [5.41, 5.74) is 1.80. The monoisotopic (exact) mass is 507 g/mol. The smallest absolute Gasteiger partial charge is 0.276 e. The van der Waals surface area contributed by atoms with Crippen molar-refractivity contribution in [1.29, 1.82) is 0 Å². The van der Waals surface area contributed by atoms with Gasteiger partial charge in [-0.2, -0.15) is 0 Å². The first-order valence-electron chi connectivity index (χ1n) is 12.2. The Balaban J connectivity index is 1.59. The molecule has 5 rings (SSSR count). The average Bonchev–Trinajstić information content (AvgIpc) is 2.99. The number of nitrogens with zero attached hydrogens (tertiary/aromatic N) is 2. The lowest BCUT2D eigenvalue weighted by Crippen LogP contribution is -2.50. The number of fused-ring (bicyclic) bond motifs is 2. The van der Waals surface area contributed by atoms with Crippen LogP contribution in [0.25, 0.3) is 0 Å². The van der Waals surface area contributed by atoms with Gasteiger partial charge in [-0.25, -0.2) is 4.39 Å². The van der Waals surface area contributed by atoms with Crippen molar-refractivity contribution >= 4 is 17.7 Å². The molecule has 6 nitrogen and oxygen atoms in total. The fourth-order valence-electron chi connectivity index (χ4n) is 5.65. The third-order valence-electron chi connectivity index (χ3n) is 7.50. The second-order valence-electron chi connectivity index (χ2n) is 10.5. The Hall–Kier alpha value is -3.26. The number of pyridine rings is 1. The summed E-state index contributed by atoms with van der Waals surface area (Å²) in [6, 6.07) is 14.2. The van der Waals surface area contributed by atoms with Crippen LogP contribution in [-0.4, -0.2) is 33.2 Å². The Bertz CT molecular complexity index is 1390. The van der Waals surface area contributed by atoms with Crippen LogP contribution in [-0.2, 0) is 5.75 Å². The summed E-state index contributed by atoms with van der Waals surface area (Å²) in [6.07, 6.45) is 3.27. The first-order valence-corrected chi connectivity index (χ1v) is 13.1. The molecule has 0 radical (unpaired) electrons. The third kappa shape index (κ3) is 4.39.